The van der Waals surface area contributed by atoms with Crippen LogP contribution in [-0.2, 0) is 20.1 Å². The van der Waals surface area contributed by atoms with Gasteiger partial charge in [0.1, 0.15) is 0 Å². The van der Waals surface area contributed by atoms with E-state index in [9.17, 15) is 0 Å². The molecule has 5 heteroatoms. The number of aryl methyl sites for hydroxylation is 1. The summed E-state index contributed by atoms with van der Waals surface area (Å²) in [7, 11) is -1.27. The van der Waals surface area contributed by atoms with Gasteiger partial charge in [0.2, 0.25) is 0 Å². The summed E-state index contributed by atoms with van der Waals surface area (Å²) < 4.78 is 28.4. The van der Waals surface area contributed by atoms with Gasteiger partial charge in [-0.1, -0.05) is 120 Å². The van der Waals surface area contributed by atoms with E-state index in [4.69, 9.17) is 4.11 Å². The van der Waals surface area contributed by atoms with Gasteiger partial charge >= 0.3 is 0 Å². The summed E-state index contributed by atoms with van der Waals surface area (Å²) in [4.78, 5) is 9.22. The molecule has 0 saturated carbocycles. The molecule has 0 N–H and O–H groups in total. The second kappa shape index (κ2) is 16.5. The molecule has 0 aliphatic heterocycles. The van der Waals surface area contributed by atoms with Crippen LogP contribution < -0.4 is 5.19 Å². The molecule has 0 unspecified atom stereocenters. The second-order valence-electron chi connectivity index (χ2n) is 15.0. The van der Waals surface area contributed by atoms with Crippen molar-refractivity contribution in [3.05, 3.63) is 138 Å². The Morgan fingerprint density at radius 3 is 2.06 bits per heavy atom. The maximum absolute atomic E-state index is 8.82. The maximum atomic E-state index is 8.82. The molecule has 3 aromatic heterocycles. The van der Waals surface area contributed by atoms with Crippen LogP contribution >= 0.6 is 11.3 Å². The van der Waals surface area contributed by atoms with Gasteiger partial charge in [0.15, 0.2) is 0 Å². The fourth-order valence-corrected chi connectivity index (χ4v) is 9.66. The van der Waals surface area contributed by atoms with E-state index in [1.54, 1.807) is 17.5 Å². The first kappa shape index (κ1) is 35.3. The minimum absolute atomic E-state index is 0. The van der Waals surface area contributed by atoms with Crippen molar-refractivity contribution in [2.75, 3.05) is 0 Å². The number of hydrogen-bond acceptors (Lipinski definition) is 3. The predicted octanol–water partition coefficient (Wildman–Crippen LogP) is 13.4. The van der Waals surface area contributed by atoms with Crippen molar-refractivity contribution in [2.24, 2.45) is 0 Å². The standard InChI is InChI=1S/C32H32NS.C15H18NSi.Ir/c1-19(2)22-15-16-33-29(17-22)28-12-8-11-27-26-14-13-23(18-30(26)34-32(27)28)31-24(20(3)4)9-7-10-25(31)21(5)6;1-12-10-14(13-8-6-5-7-9-13)16-11-15(12)17(2,3)4;/h7-11,13-21H,1-6H3;5-8,10-11H,1-4H3;/q2*-1;/i19D,20D,21D;;. The molecule has 0 bridgehead atoms. The molecule has 0 aliphatic rings. The van der Waals surface area contributed by atoms with Gasteiger partial charge in [-0.25, -0.2) is 0 Å². The molecule has 1 radical (unpaired) electrons. The quantitative estimate of drug-likeness (QED) is 0.118. The molecule has 0 atom stereocenters. The topological polar surface area (TPSA) is 25.8 Å². The van der Waals surface area contributed by atoms with Crippen molar-refractivity contribution >= 4 is 44.8 Å². The summed E-state index contributed by atoms with van der Waals surface area (Å²) in [5.41, 5.74) is 10.0. The molecule has 269 valence electrons. The van der Waals surface area contributed by atoms with Crippen LogP contribution in [-0.4, -0.2) is 18.0 Å². The molecule has 3 heterocycles. The Morgan fingerprint density at radius 1 is 0.712 bits per heavy atom. The number of nitrogens with zero attached hydrogens (tertiary/aromatic N) is 2. The zero-order valence-corrected chi connectivity index (χ0v) is 36.2. The first-order valence-electron chi connectivity index (χ1n) is 19.2. The summed E-state index contributed by atoms with van der Waals surface area (Å²) in [5, 5.41) is 3.77. The van der Waals surface area contributed by atoms with Gasteiger partial charge in [-0.15, -0.1) is 59.7 Å². The molecular weight excluding hydrogens is 845 g/mol. The molecule has 0 saturated heterocycles. The number of thiophene rings is 1. The van der Waals surface area contributed by atoms with Gasteiger partial charge in [0.05, 0.1) is 8.07 Å². The van der Waals surface area contributed by atoms with Gasteiger partial charge in [-0.3, -0.25) is 0 Å². The van der Waals surface area contributed by atoms with Crippen molar-refractivity contribution in [2.45, 2.75) is 85.8 Å². The minimum atomic E-state index is -1.27. The van der Waals surface area contributed by atoms with E-state index in [1.165, 1.54) is 16.1 Å². The van der Waals surface area contributed by atoms with Gasteiger partial charge in [-0.05, 0) is 85.7 Å². The molecule has 0 fully saturated rings. The Kier molecular flexibility index (Phi) is 11.2. The SMILES string of the molecule is Cc1cc(-c2[c-]cccc2)ncc1[Si](C)(C)C.[2H]C(C)(C)c1ccnc(-c2[c-]ccc3c2sc2cc(-c4c(C([2H])(C)C)cccc4C([2H])(C)C)ccc23)c1.[Ir]. The summed E-state index contributed by atoms with van der Waals surface area (Å²) in [6.07, 6.45) is 3.83. The van der Waals surface area contributed by atoms with Crippen LogP contribution in [0.1, 0.15) is 85.6 Å². The average Bonchev–Trinajstić information content (AvgIpc) is 3.48. The number of pyridine rings is 2. The third-order valence-corrected chi connectivity index (χ3v) is 12.7. The van der Waals surface area contributed by atoms with Crippen molar-refractivity contribution in [1.29, 1.82) is 0 Å². The molecule has 0 amide bonds. The first-order valence-corrected chi connectivity index (χ1v) is 22.0. The van der Waals surface area contributed by atoms with Crippen LogP contribution in [0.25, 0.3) is 53.8 Å². The van der Waals surface area contributed by atoms with Crippen LogP contribution in [0.4, 0.5) is 0 Å². The van der Waals surface area contributed by atoms with Crippen molar-refractivity contribution in [3.63, 3.8) is 0 Å². The van der Waals surface area contributed by atoms with Crippen LogP contribution in [0.15, 0.2) is 103 Å². The number of aromatic nitrogens is 2. The van der Waals surface area contributed by atoms with E-state index >= 15 is 0 Å². The molecule has 0 aliphatic carbocycles. The number of benzene rings is 4. The Balaban J connectivity index is 0.000000271. The molecule has 7 aromatic rings. The number of fused-ring (bicyclic) bond motifs is 3. The Hall–Kier alpha value is -3.73. The summed E-state index contributed by atoms with van der Waals surface area (Å²) in [5.74, 6) is -2.30. The van der Waals surface area contributed by atoms with E-state index in [1.807, 2.05) is 96.1 Å². The van der Waals surface area contributed by atoms with E-state index in [2.05, 4.69) is 91.3 Å². The molecule has 0 spiro atoms. The monoisotopic (exact) mass is 898 g/mol. The van der Waals surface area contributed by atoms with Gasteiger partial charge < -0.3 is 9.97 Å². The van der Waals surface area contributed by atoms with E-state index < -0.39 is 25.8 Å². The Labute approximate surface area is 334 Å². The largest absolute Gasteiger partial charge is 0.305 e. The average molecular weight is 898 g/mol. The summed E-state index contributed by atoms with van der Waals surface area (Å²) in [6.45, 7) is 20.7. The molecule has 2 nitrogen and oxygen atoms in total. The summed E-state index contributed by atoms with van der Waals surface area (Å²) in [6, 6.07) is 37.3. The van der Waals surface area contributed by atoms with Crippen LogP contribution in [0.3, 0.4) is 0 Å². The van der Waals surface area contributed by atoms with Crippen molar-refractivity contribution < 1.29 is 24.2 Å². The normalized spacial score (nSPS) is 13.1. The van der Waals surface area contributed by atoms with E-state index in [0.29, 0.717) is 0 Å². The zero-order chi connectivity index (χ0) is 39.2. The molecular formula is C47H50IrN2SSi-2. The van der Waals surface area contributed by atoms with Crippen molar-refractivity contribution in [1.82, 2.24) is 9.97 Å². The molecule has 52 heavy (non-hydrogen) atoms. The van der Waals surface area contributed by atoms with Crippen LogP contribution in [0, 0.1) is 19.1 Å². The molecule has 7 rings (SSSR count). The smallest absolute Gasteiger partial charge is 0.0798 e. The maximum Gasteiger partial charge on any atom is 0.0798 e. The Bertz CT molecular complexity index is 2420. The first-order chi connectivity index (χ1) is 25.2. The fourth-order valence-electron chi connectivity index (χ4n) is 6.70. The third-order valence-electron chi connectivity index (χ3n) is 9.36. The zero-order valence-electron chi connectivity index (χ0n) is 35.0. The van der Waals surface area contributed by atoms with Gasteiger partial charge in [-0.2, -0.15) is 11.3 Å². The predicted molar refractivity (Wildman–Crippen MR) is 225 cm³/mol. The second-order valence-corrected chi connectivity index (χ2v) is 21.1. The van der Waals surface area contributed by atoms with Crippen molar-refractivity contribution in [3.8, 4) is 33.6 Å². The minimum Gasteiger partial charge on any atom is -0.305 e. The van der Waals surface area contributed by atoms with Gasteiger partial charge in [0, 0.05) is 41.3 Å². The van der Waals surface area contributed by atoms with E-state index in [0.717, 1.165) is 65.1 Å². The van der Waals surface area contributed by atoms with Gasteiger partial charge in [0.25, 0.3) is 0 Å². The number of hydrogen-bond donors (Lipinski definition) is 0. The molecule has 4 aromatic carbocycles. The fraction of sp³-hybridized carbons (Fsp3) is 0.277. The summed E-state index contributed by atoms with van der Waals surface area (Å²) >= 11 is 1.72. The Morgan fingerprint density at radius 2 is 1.44 bits per heavy atom. The van der Waals surface area contributed by atoms with Crippen LogP contribution in [0.2, 0.25) is 19.6 Å². The van der Waals surface area contributed by atoms with E-state index in [-0.39, 0.29) is 20.1 Å². The third kappa shape index (κ3) is 8.40. The number of rotatable bonds is 7. The van der Waals surface area contributed by atoms with Crippen LogP contribution in [0.5, 0.6) is 0 Å².